The summed E-state index contributed by atoms with van der Waals surface area (Å²) in [6.45, 7) is 0.425. The van der Waals surface area contributed by atoms with Crippen LogP contribution in [0.4, 0.5) is 0 Å². The normalized spacial score (nSPS) is 13.3. The average Bonchev–Trinajstić information content (AvgIpc) is 1.53. The van der Waals surface area contributed by atoms with E-state index < -0.39 is 12.1 Å². The fourth-order valence-electron chi connectivity index (χ4n) is 0.889. The van der Waals surface area contributed by atoms with Crippen molar-refractivity contribution in [1.82, 2.24) is 0 Å². The van der Waals surface area contributed by atoms with Crippen LogP contribution in [0.5, 0.6) is 0 Å². The number of hydrogen-bond acceptors (Lipinski definition) is 3. The zero-order valence-corrected chi connectivity index (χ0v) is 8.89. The van der Waals surface area contributed by atoms with Crippen molar-refractivity contribution in [1.29, 1.82) is 0 Å². The number of rotatable bonds is 4. The topological polar surface area (TPSA) is 60.4 Å². The quantitative estimate of drug-likeness (QED) is 0.560. The Labute approximate surface area is 83.5 Å². The van der Waals surface area contributed by atoms with Gasteiger partial charge in [-0.05, 0) is 0 Å². The van der Waals surface area contributed by atoms with Crippen molar-refractivity contribution in [3.8, 4) is 0 Å². The molecule has 0 aromatic carbocycles. The van der Waals surface area contributed by atoms with E-state index in [2.05, 4.69) is 0 Å². The second-order valence-electron chi connectivity index (χ2n) is 3.70. The molecule has 5 heteroatoms. The van der Waals surface area contributed by atoms with Crippen molar-refractivity contribution in [2.24, 2.45) is 0 Å². The van der Waals surface area contributed by atoms with Gasteiger partial charge in [0.1, 0.15) is 12.6 Å². The van der Waals surface area contributed by atoms with Gasteiger partial charge in [-0.2, -0.15) is 0 Å². The number of likely N-dealkylation sites (N-methyl/N-ethyl adjacent to an activating group) is 1. The molecule has 1 N–H and O–H groups in total. The number of carbonyl (C=O) groups is 1. The Morgan fingerprint density at radius 3 is 2.17 bits per heavy atom. The maximum Gasteiger partial charge on any atom is 2.00 e. The van der Waals surface area contributed by atoms with Gasteiger partial charge in [-0.1, -0.05) is 0 Å². The molecule has 4 nitrogen and oxygen atoms in total. The van der Waals surface area contributed by atoms with Crippen LogP contribution < -0.4 is 5.11 Å². The molecule has 0 bridgehead atoms. The van der Waals surface area contributed by atoms with Crippen LogP contribution in [0, 0.1) is 0 Å². The van der Waals surface area contributed by atoms with Crippen LogP contribution in [0.25, 0.3) is 0 Å². The van der Waals surface area contributed by atoms with E-state index in [1.165, 1.54) is 0 Å². The van der Waals surface area contributed by atoms with Gasteiger partial charge < -0.3 is 19.5 Å². The largest absolute Gasteiger partial charge is 2.00 e. The fourth-order valence-corrected chi connectivity index (χ4v) is 0.889. The second-order valence-corrected chi connectivity index (χ2v) is 3.70. The summed E-state index contributed by atoms with van der Waals surface area (Å²) in [7, 11) is 5.66. The summed E-state index contributed by atoms with van der Waals surface area (Å²) in [5.41, 5.74) is 0. The summed E-state index contributed by atoms with van der Waals surface area (Å²) in [5.74, 6) is -1.20. The summed E-state index contributed by atoms with van der Waals surface area (Å²) >= 11 is 0. The number of aliphatic hydroxyl groups is 1. The van der Waals surface area contributed by atoms with Crippen LogP contribution in [-0.2, 0) is 22.2 Å². The minimum Gasteiger partial charge on any atom is -0.550 e. The Kier molecular flexibility index (Phi) is 6.68. The number of carboxylic acids is 1. The van der Waals surface area contributed by atoms with Crippen molar-refractivity contribution in [2.75, 3.05) is 27.7 Å². The van der Waals surface area contributed by atoms with Crippen LogP contribution in [0.15, 0.2) is 0 Å². The number of carbonyl (C=O) groups excluding carboxylic acids is 1. The van der Waals surface area contributed by atoms with Crippen LogP contribution in [0.3, 0.4) is 0 Å². The SMILES string of the molecule is C[N+](C)(C)CC(O)CC(=O)[O-].[Cr+2]. The molecule has 70 valence electrons. The van der Waals surface area contributed by atoms with E-state index in [0.717, 1.165) is 0 Å². The third-order valence-electron chi connectivity index (χ3n) is 1.16. The first-order valence-corrected chi connectivity index (χ1v) is 3.49. The molecule has 0 radical (unpaired) electrons. The van der Waals surface area contributed by atoms with E-state index in [4.69, 9.17) is 5.11 Å². The first-order chi connectivity index (χ1) is 4.81. The van der Waals surface area contributed by atoms with Gasteiger partial charge in [0.25, 0.3) is 0 Å². The predicted molar refractivity (Wildman–Crippen MR) is 38.5 cm³/mol. The monoisotopic (exact) mass is 213 g/mol. The van der Waals surface area contributed by atoms with Gasteiger partial charge in [0.15, 0.2) is 0 Å². The second kappa shape index (κ2) is 5.55. The molecular formula is C7H15CrNO3+2. The molecule has 0 amide bonds. The average molecular weight is 213 g/mol. The standard InChI is InChI=1S/C7H15NO3.Cr/c1-8(2,3)5-6(9)4-7(10)11;/h6,9H,4-5H2,1-3H3;/q;+2. The van der Waals surface area contributed by atoms with Crippen LogP contribution in [-0.4, -0.2) is 49.4 Å². The number of carboxylic acid groups (broad SMARTS) is 1. The number of aliphatic carboxylic acids is 1. The van der Waals surface area contributed by atoms with E-state index in [0.29, 0.717) is 11.0 Å². The molecule has 0 aliphatic carbocycles. The number of quaternary nitrogens is 1. The van der Waals surface area contributed by atoms with Crippen molar-refractivity contribution in [2.45, 2.75) is 12.5 Å². The number of nitrogens with zero attached hydrogens (tertiary/aromatic N) is 1. The third-order valence-corrected chi connectivity index (χ3v) is 1.16. The van der Waals surface area contributed by atoms with E-state index in [1.807, 2.05) is 21.1 Å². The van der Waals surface area contributed by atoms with Gasteiger partial charge in [0, 0.05) is 12.4 Å². The molecule has 12 heavy (non-hydrogen) atoms. The fraction of sp³-hybridized carbons (Fsp3) is 0.857. The van der Waals surface area contributed by atoms with Crippen LogP contribution in [0.1, 0.15) is 6.42 Å². The molecule has 0 heterocycles. The molecule has 0 rings (SSSR count). The first-order valence-electron chi connectivity index (χ1n) is 3.49. The first kappa shape index (κ1) is 14.4. The molecule has 0 spiro atoms. The number of aliphatic hydroxyl groups excluding tert-OH is 1. The maximum atomic E-state index is 10.0. The predicted octanol–water partition coefficient (Wildman–Crippen LogP) is -1.81. The molecule has 0 aromatic rings. The molecule has 0 saturated heterocycles. The zero-order valence-electron chi connectivity index (χ0n) is 7.61. The van der Waals surface area contributed by atoms with E-state index >= 15 is 0 Å². The van der Waals surface area contributed by atoms with Gasteiger partial charge in [0.2, 0.25) is 0 Å². The summed E-state index contributed by atoms with van der Waals surface area (Å²) in [6, 6.07) is 0. The smallest absolute Gasteiger partial charge is 0.550 e. The summed E-state index contributed by atoms with van der Waals surface area (Å²) in [5, 5.41) is 19.1. The minimum absolute atomic E-state index is 0. The van der Waals surface area contributed by atoms with Crippen molar-refractivity contribution < 1.29 is 36.9 Å². The Bertz CT molecular complexity index is 144. The van der Waals surface area contributed by atoms with Crippen LogP contribution >= 0.6 is 0 Å². The van der Waals surface area contributed by atoms with E-state index in [-0.39, 0.29) is 23.8 Å². The summed E-state index contributed by atoms with van der Waals surface area (Å²) < 4.78 is 0.550. The Hall–Kier alpha value is -0.0775. The Balaban J connectivity index is 0. The molecular weight excluding hydrogens is 198 g/mol. The summed E-state index contributed by atoms with van der Waals surface area (Å²) in [6.07, 6.45) is -1.09. The van der Waals surface area contributed by atoms with Crippen molar-refractivity contribution in [3.63, 3.8) is 0 Å². The van der Waals surface area contributed by atoms with Crippen LogP contribution in [0.2, 0.25) is 0 Å². The number of hydrogen-bond donors (Lipinski definition) is 1. The molecule has 0 saturated carbocycles. The third kappa shape index (κ3) is 9.92. The van der Waals surface area contributed by atoms with Gasteiger partial charge in [0.05, 0.1) is 21.1 Å². The van der Waals surface area contributed by atoms with Crippen molar-refractivity contribution in [3.05, 3.63) is 0 Å². The molecule has 0 aliphatic heterocycles. The molecule has 1 unspecified atom stereocenters. The molecule has 0 aromatic heterocycles. The van der Waals surface area contributed by atoms with Gasteiger partial charge in [-0.3, -0.25) is 0 Å². The van der Waals surface area contributed by atoms with Gasteiger partial charge in [-0.25, -0.2) is 0 Å². The minimum atomic E-state index is -1.20. The summed E-state index contributed by atoms with van der Waals surface area (Å²) in [4.78, 5) is 10.0. The van der Waals surface area contributed by atoms with Gasteiger partial charge >= 0.3 is 17.4 Å². The van der Waals surface area contributed by atoms with E-state index in [9.17, 15) is 9.90 Å². The molecule has 1 atom stereocenters. The molecule has 0 aliphatic rings. The maximum absolute atomic E-state index is 10.0. The van der Waals surface area contributed by atoms with E-state index in [1.54, 1.807) is 0 Å². The van der Waals surface area contributed by atoms with Gasteiger partial charge in [-0.15, -0.1) is 0 Å². The van der Waals surface area contributed by atoms with Crippen molar-refractivity contribution >= 4 is 5.97 Å². The Morgan fingerprint density at radius 1 is 1.50 bits per heavy atom. The molecule has 0 fully saturated rings. The zero-order chi connectivity index (χ0) is 9.07. The Morgan fingerprint density at radius 2 is 1.92 bits per heavy atom.